The van der Waals surface area contributed by atoms with Crippen LogP contribution in [-0.2, 0) is 24.5 Å². The van der Waals surface area contributed by atoms with Gasteiger partial charge in [0.05, 0.1) is 12.4 Å². The molecule has 0 spiro atoms. The summed E-state index contributed by atoms with van der Waals surface area (Å²) in [5, 5.41) is 11.4. The molecule has 0 saturated carbocycles. The van der Waals surface area contributed by atoms with Gasteiger partial charge in [0.2, 0.25) is 5.91 Å². The number of para-hydroxylation sites is 1. The van der Waals surface area contributed by atoms with Gasteiger partial charge in [-0.2, -0.15) is 0 Å². The number of halogens is 1. The Morgan fingerprint density at radius 1 is 1.25 bits per heavy atom. The van der Waals surface area contributed by atoms with E-state index in [-0.39, 0.29) is 18.3 Å². The van der Waals surface area contributed by atoms with E-state index in [4.69, 9.17) is 9.47 Å². The van der Waals surface area contributed by atoms with Crippen molar-refractivity contribution in [1.29, 1.82) is 0 Å². The molecule has 2 aromatic carbocycles. The second-order valence-electron chi connectivity index (χ2n) is 6.84. The van der Waals surface area contributed by atoms with Gasteiger partial charge >= 0.3 is 0 Å². The molecule has 3 aromatic rings. The van der Waals surface area contributed by atoms with Crippen molar-refractivity contribution in [3.05, 3.63) is 78.4 Å². The van der Waals surface area contributed by atoms with E-state index in [1.54, 1.807) is 42.9 Å². The van der Waals surface area contributed by atoms with Gasteiger partial charge in [-0.05, 0) is 36.8 Å². The number of amides is 1. The summed E-state index contributed by atoms with van der Waals surface area (Å²) in [5.41, 5.74) is 0.971. The summed E-state index contributed by atoms with van der Waals surface area (Å²) in [4.78, 5) is 12.6. The van der Waals surface area contributed by atoms with Crippen molar-refractivity contribution in [3.63, 3.8) is 0 Å². The Balaban J connectivity index is 1.60. The molecule has 1 heterocycles. The summed E-state index contributed by atoms with van der Waals surface area (Å²) in [5.74, 6) is 0.852. The topological polar surface area (TPSA) is 78.3 Å². The third-order valence-corrected chi connectivity index (χ3v) is 5.66. The van der Waals surface area contributed by atoms with Crippen LogP contribution in [0.4, 0.5) is 4.39 Å². The zero-order valence-corrected chi connectivity index (χ0v) is 18.8. The number of hydrogen-bond donors (Lipinski definition) is 1. The van der Waals surface area contributed by atoms with Gasteiger partial charge in [-0.3, -0.25) is 9.36 Å². The summed E-state index contributed by atoms with van der Waals surface area (Å²) < 4.78 is 26.3. The first kappa shape index (κ1) is 23.3. The molecule has 3 rings (SSSR count). The molecule has 0 fully saturated rings. The van der Waals surface area contributed by atoms with E-state index < -0.39 is 11.1 Å². The van der Waals surface area contributed by atoms with E-state index in [1.165, 1.54) is 17.8 Å². The monoisotopic (exact) mass is 456 g/mol. The van der Waals surface area contributed by atoms with Gasteiger partial charge < -0.3 is 14.8 Å². The minimum absolute atomic E-state index is 0.0420. The molecule has 1 aromatic heterocycles. The van der Waals surface area contributed by atoms with Crippen molar-refractivity contribution in [3.8, 4) is 11.5 Å². The Morgan fingerprint density at radius 2 is 2.00 bits per heavy atom. The first-order valence-corrected chi connectivity index (χ1v) is 10.9. The van der Waals surface area contributed by atoms with E-state index in [0.717, 1.165) is 11.3 Å². The van der Waals surface area contributed by atoms with Gasteiger partial charge in [0.15, 0.2) is 22.5 Å². The average Bonchev–Trinajstić information content (AvgIpc) is 3.18. The van der Waals surface area contributed by atoms with Crippen LogP contribution in [0, 0.1) is 5.82 Å². The van der Waals surface area contributed by atoms with Crippen LogP contribution < -0.4 is 14.8 Å². The lowest BCUT2D eigenvalue weighted by atomic mass is 10.2. The number of ether oxygens (including phenoxy) is 2. The van der Waals surface area contributed by atoms with Gasteiger partial charge in [-0.25, -0.2) is 4.39 Å². The highest BCUT2D eigenvalue weighted by Gasteiger charge is 2.20. The Bertz CT molecular complexity index is 1060. The summed E-state index contributed by atoms with van der Waals surface area (Å²) >= 11 is 1.29. The third-order valence-electron chi connectivity index (χ3n) is 4.58. The molecule has 0 bridgehead atoms. The Kier molecular flexibility index (Phi) is 8.27. The SMILES string of the molecule is C=CCn1c(COc2ccccc2F)nnc1SC(C)C(=O)NCc1ccc(OC)cc1. The number of thioether (sulfide) groups is 1. The molecular weight excluding hydrogens is 431 g/mol. The smallest absolute Gasteiger partial charge is 0.233 e. The van der Waals surface area contributed by atoms with Crippen LogP contribution in [0.5, 0.6) is 11.5 Å². The summed E-state index contributed by atoms with van der Waals surface area (Å²) in [6, 6.07) is 13.7. The van der Waals surface area contributed by atoms with E-state index >= 15 is 0 Å². The number of aromatic nitrogens is 3. The lowest BCUT2D eigenvalue weighted by Gasteiger charge is -2.13. The van der Waals surface area contributed by atoms with E-state index in [1.807, 2.05) is 24.3 Å². The maximum atomic E-state index is 13.8. The zero-order chi connectivity index (χ0) is 22.9. The van der Waals surface area contributed by atoms with Crippen LogP contribution in [0.2, 0.25) is 0 Å². The van der Waals surface area contributed by atoms with E-state index in [2.05, 4.69) is 22.1 Å². The Morgan fingerprint density at radius 3 is 2.69 bits per heavy atom. The fraction of sp³-hybridized carbons (Fsp3) is 0.261. The molecule has 0 aliphatic rings. The third kappa shape index (κ3) is 6.10. The van der Waals surface area contributed by atoms with Crippen molar-refractivity contribution in [2.75, 3.05) is 7.11 Å². The fourth-order valence-electron chi connectivity index (χ4n) is 2.82. The number of nitrogens with zero attached hydrogens (tertiary/aromatic N) is 3. The minimum Gasteiger partial charge on any atom is -0.497 e. The van der Waals surface area contributed by atoms with Crippen LogP contribution in [0.15, 0.2) is 66.3 Å². The van der Waals surface area contributed by atoms with Crippen molar-refractivity contribution >= 4 is 17.7 Å². The largest absolute Gasteiger partial charge is 0.497 e. The predicted octanol–water partition coefficient (Wildman–Crippen LogP) is 3.99. The van der Waals surface area contributed by atoms with Crippen molar-refractivity contribution < 1.29 is 18.7 Å². The highest BCUT2D eigenvalue weighted by atomic mass is 32.2. The van der Waals surface area contributed by atoms with Crippen LogP contribution >= 0.6 is 11.8 Å². The van der Waals surface area contributed by atoms with Crippen molar-refractivity contribution in [2.24, 2.45) is 0 Å². The van der Waals surface area contributed by atoms with Gasteiger partial charge in [-0.15, -0.1) is 16.8 Å². The van der Waals surface area contributed by atoms with Crippen LogP contribution in [-0.4, -0.2) is 33.0 Å². The van der Waals surface area contributed by atoms with Crippen LogP contribution in [0.1, 0.15) is 18.3 Å². The molecule has 0 aliphatic heterocycles. The first-order chi connectivity index (χ1) is 15.5. The number of nitrogens with one attached hydrogen (secondary N) is 1. The van der Waals surface area contributed by atoms with Crippen molar-refractivity contribution in [1.82, 2.24) is 20.1 Å². The number of benzene rings is 2. The van der Waals surface area contributed by atoms with Gasteiger partial charge in [-0.1, -0.05) is 42.1 Å². The molecule has 0 saturated heterocycles. The maximum absolute atomic E-state index is 13.8. The van der Waals surface area contributed by atoms with Crippen LogP contribution in [0.25, 0.3) is 0 Å². The molecule has 32 heavy (non-hydrogen) atoms. The van der Waals surface area contributed by atoms with E-state index in [9.17, 15) is 9.18 Å². The minimum atomic E-state index is -0.445. The summed E-state index contributed by atoms with van der Waals surface area (Å²) in [7, 11) is 1.61. The van der Waals surface area contributed by atoms with Crippen LogP contribution in [0.3, 0.4) is 0 Å². The van der Waals surface area contributed by atoms with Gasteiger partial charge in [0, 0.05) is 13.1 Å². The van der Waals surface area contributed by atoms with Gasteiger partial charge in [0.1, 0.15) is 12.4 Å². The Hall–Kier alpha value is -3.33. The quantitative estimate of drug-likeness (QED) is 0.347. The van der Waals surface area contributed by atoms with Crippen molar-refractivity contribution in [2.45, 2.75) is 37.0 Å². The molecule has 0 radical (unpaired) electrons. The molecular formula is C23H25FN4O3S. The number of carbonyl (C=O) groups is 1. The lowest BCUT2D eigenvalue weighted by Crippen LogP contribution is -2.30. The molecule has 1 N–H and O–H groups in total. The number of methoxy groups -OCH3 is 1. The number of carbonyl (C=O) groups excluding carboxylic acids is 1. The molecule has 9 heteroatoms. The molecule has 1 unspecified atom stereocenters. The molecule has 7 nitrogen and oxygen atoms in total. The summed E-state index contributed by atoms with van der Waals surface area (Å²) in [6.07, 6.45) is 1.70. The number of rotatable bonds is 11. The predicted molar refractivity (Wildman–Crippen MR) is 121 cm³/mol. The number of hydrogen-bond acceptors (Lipinski definition) is 6. The zero-order valence-electron chi connectivity index (χ0n) is 18.0. The highest BCUT2D eigenvalue weighted by molar-refractivity contribution is 8.00. The van der Waals surface area contributed by atoms with Gasteiger partial charge in [0.25, 0.3) is 0 Å². The molecule has 1 atom stereocenters. The second-order valence-corrected chi connectivity index (χ2v) is 8.15. The number of allylic oxidation sites excluding steroid dienone is 1. The molecule has 168 valence electrons. The average molecular weight is 457 g/mol. The Labute approximate surface area is 190 Å². The molecule has 1 amide bonds. The normalized spacial score (nSPS) is 11.6. The first-order valence-electron chi connectivity index (χ1n) is 9.99. The highest BCUT2D eigenvalue weighted by Crippen LogP contribution is 2.24. The standard InChI is InChI=1S/C23H25FN4O3S/c1-4-13-28-21(15-31-20-8-6-5-7-19(20)24)26-27-23(28)32-16(2)22(29)25-14-17-9-11-18(30-3)12-10-17/h4-12,16H,1,13-15H2,2-3H3,(H,25,29). The van der Waals surface area contributed by atoms with E-state index in [0.29, 0.717) is 24.1 Å². The lowest BCUT2D eigenvalue weighted by molar-refractivity contribution is -0.120. The second kappa shape index (κ2) is 11.3. The fourth-order valence-corrected chi connectivity index (χ4v) is 3.72. The maximum Gasteiger partial charge on any atom is 0.233 e. The summed E-state index contributed by atoms with van der Waals surface area (Å²) in [6.45, 7) is 6.46. The molecule has 0 aliphatic carbocycles.